The minimum absolute atomic E-state index is 0.252. The Balaban J connectivity index is 1.56. The van der Waals surface area contributed by atoms with Gasteiger partial charge in [-0.25, -0.2) is 4.39 Å². The van der Waals surface area contributed by atoms with E-state index in [-0.39, 0.29) is 11.7 Å². The molecule has 5 nitrogen and oxygen atoms in total. The van der Waals surface area contributed by atoms with Gasteiger partial charge in [0.15, 0.2) is 11.5 Å². The molecule has 3 aromatic rings. The zero-order valence-corrected chi connectivity index (χ0v) is 16.3. The van der Waals surface area contributed by atoms with Crippen molar-refractivity contribution in [3.05, 3.63) is 89.2 Å². The van der Waals surface area contributed by atoms with Crippen molar-refractivity contribution in [1.29, 1.82) is 0 Å². The number of amides is 1. The molecule has 29 heavy (non-hydrogen) atoms. The van der Waals surface area contributed by atoms with Gasteiger partial charge in [0, 0.05) is 6.54 Å². The van der Waals surface area contributed by atoms with Gasteiger partial charge in [-0.3, -0.25) is 4.79 Å². The topological polar surface area (TPSA) is 56.8 Å². The molecule has 1 N–H and O–H groups in total. The fraction of sp³-hybridized carbons (Fsp3) is 0.174. The molecule has 3 aromatic carbocycles. The molecule has 0 heterocycles. The molecule has 0 saturated carbocycles. The molecule has 0 fully saturated rings. The summed E-state index contributed by atoms with van der Waals surface area (Å²) < 4.78 is 29.2. The van der Waals surface area contributed by atoms with Crippen molar-refractivity contribution in [3.63, 3.8) is 0 Å². The van der Waals surface area contributed by atoms with Crippen LogP contribution in [0.15, 0.2) is 66.7 Å². The van der Waals surface area contributed by atoms with Gasteiger partial charge >= 0.3 is 0 Å². The predicted molar refractivity (Wildman–Crippen MR) is 108 cm³/mol. The first-order valence-electron chi connectivity index (χ1n) is 9.06. The van der Waals surface area contributed by atoms with E-state index < -0.39 is 0 Å². The lowest BCUT2D eigenvalue weighted by molar-refractivity contribution is 0.0947. The van der Waals surface area contributed by atoms with Crippen molar-refractivity contribution in [3.8, 4) is 17.2 Å². The number of halogens is 1. The van der Waals surface area contributed by atoms with Crippen LogP contribution in [-0.4, -0.2) is 20.1 Å². The number of hydrogen-bond donors (Lipinski definition) is 1. The second-order valence-corrected chi connectivity index (χ2v) is 6.28. The van der Waals surface area contributed by atoms with E-state index in [0.717, 1.165) is 11.1 Å². The molecular formula is C23H22FNO4. The molecule has 0 saturated heterocycles. The van der Waals surface area contributed by atoms with E-state index in [1.165, 1.54) is 26.4 Å². The molecule has 0 bridgehead atoms. The molecule has 0 aliphatic heterocycles. The summed E-state index contributed by atoms with van der Waals surface area (Å²) in [6.45, 7) is 0.712. The zero-order valence-electron chi connectivity index (χ0n) is 16.3. The number of methoxy groups -OCH3 is 2. The van der Waals surface area contributed by atoms with Gasteiger partial charge in [0.2, 0.25) is 0 Å². The second-order valence-electron chi connectivity index (χ2n) is 6.28. The highest BCUT2D eigenvalue weighted by atomic mass is 19.1. The van der Waals surface area contributed by atoms with E-state index in [2.05, 4.69) is 5.32 Å². The number of rotatable bonds is 8. The van der Waals surface area contributed by atoms with E-state index in [4.69, 9.17) is 14.2 Å². The molecule has 150 valence electrons. The van der Waals surface area contributed by atoms with E-state index in [0.29, 0.717) is 36.0 Å². The van der Waals surface area contributed by atoms with Gasteiger partial charge in [-0.15, -0.1) is 0 Å². The van der Waals surface area contributed by atoms with Crippen LogP contribution in [0.3, 0.4) is 0 Å². The molecule has 0 aliphatic carbocycles. The van der Waals surface area contributed by atoms with Gasteiger partial charge in [0.05, 0.1) is 19.8 Å². The van der Waals surface area contributed by atoms with Crippen molar-refractivity contribution in [2.45, 2.75) is 13.2 Å². The highest BCUT2D eigenvalue weighted by molar-refractivity contribution is 5.97. The molecule has 0 atom stereocenters. The summed E-state index contributed by atoms with van der Waals surface area (Å²) in [6, 6.07) is 18.8. The van der Waals surface area contributed by atoms with E-state index in [9.17, 15) is 9.18 Å². The third kappa shape index (κ3) is 5.25. The smallest absolute Gasteiger partial charge is 0.255 e. The molecular weight excluding hydrogens is 373 g/mol. The lowest BCUT2D eigenvalue weighted by Gasteiger charge is -2.13. The highest BCUT2D eigenvalue weighted by Crippen LogP contribution is 2.30. The molecule has 0 unspecified atom stereocenters. The molecule has 1 amide bonds. The Kier molecular flexibility index (Phi) is 6.68. The third-order valence-corrected chi connectivity index (χ3v) is 4.34. The highest BCUT2D eigenvalue weighted by Gasteiger charge is 2.16. The Morgan fingerprint density at radius 2 is 1.59 bits per heavy atom. The fourth-order valence-corrected chi connectivity index (χ4v) is 2.79. The Labute approximate surface area is 169 Å². The first kappa shape index (κ1) is 20.2. The van der Waals surface area contributed by atoms with Crippen molar-refractivity contribution >= 4 is 5.91 Å². The molecule has 0 aliphatic rings. The van der Waals surface area contributed by atoms with Gasteiger partial charge in [0.25, 0.3) is 5.91 Å². The summed E-state index contributed by atoms with van der Waals surface area (Å²) in [5.74, 6) is 1.07. The van der Waals surface area contributed by atoms with Crippen LogP contribution >= 0.6 is 0 Å². The van der Waals surface area contributed by atoms with Crippen LogP contribution in [0.2, 0.25) is 0 Å². The quantitative estimate of drug-likeness (QED) is 0.616. The van der Waals surface area contributed by atoms with Crippen molar-refractivity contribution in [2.24, 2.45) is 0 Å². The van der Waals surface area contributed by atoms with Crippen LogP contribution in [0.25, 0.3) is 0 Å². The summed E-state index contributed by atoms with van der Waals surface area (Å²) in [5, 5.41) is 2.87. The maximum absolute atomic E-state index is 12.9. The summed E-state index contributed by atoms with van der Waals surface area (Å²) in [6.07, 6.45) is 0. The Bertz CT molecular complexity index is 956. The monoisotopic (exact) mass is 395 g/mol. The van der Waals surface area contributed by atoms with Crippen LogP contribution in [0.4, 0.5) is 4.39 Å². The molecule has 0 radical (unpaired) electrons. The normalized spacial score (nSPS) is 10.3. The van der Waals surface area contributed by atoms with Crippen LogP contribution in [0.1, 0.15) is 21.5 Å². The minimum Gasteiger partial charge on any atom is -0.493 e. The van der Waals surface area contributed by atoms with Crippen molar-refractivity contribution < 1.29 is 23.4 Å². The van der Waals surface area contributed by atoms with Gasteiger partial charge in [0.1, 0.15) is 18.2 Å². The SMILES string of the molecule is COc1cccc(C(=O)NCc2ccc(OCc3ccc(F)cc3)cc2)c1OC. The summed E-state index contributed by atoms with van der Waals surface area (Å²) >= 11 is 0. The van der Waals surface area contributed by atoms with Crippen LogP contribution in [-0.2, 0) is 13.2 Å². The number of carbonyl (C=O) groups excluding carboxylic acids is 1. The minimum atomic E-state index is -0.272. The maximum atomic E-state index is 12.9. The summed E-state index contributed by atoms with van der Waals surface area (Å²) in [4.78, 5) is 12.5. The van der Waals surface area contributed by atoms with Crippen molar-refractivity contribution in [2.75, 3.05) is 14.2 Å². The van der Waals surface area contributed by atoms with Gasteiger partial charge in [-0.05, 0) is 47.5 Å². The van der Waals surface area contributed by atoms with Crippen LogP contribution < -0.4 is 19.5 Å². The van der Waals surface area contributed by atoms with E-state index in [1.54, 1.807) is 30.3 Å². The number of hydrogen-bond acceptors (Lipinski definition) is 4. The van der Waals surface area contributed by atoms with Gasteiger partial charge in [-0.2, -0.15) is 0 Å². The Morgan fingerprint density at radius 1 is 0.897 bits per heavy atom. The zero-order chi connectivity index (χ0) is 20.6. The Morgan fingerprint density at radius 3 is 2.24 bits per heavy atom. The average Bonchev–Trinajstić information content (AvgIpc) is 2.77. The number of carbonyl (C=O) groups is 1. The largest absolute Gasteiger partial charge is 0.493 e. The third-order valence-electron chi connectivity index (χ3n) is 4.34. The summed E-state index contributed by atoms with van der Waals surface area (Å²) in [7, 11) is 3.03. The first-order valence-corrected chi connectivity index (χ1v) is 9.06. The van der Waals surface area contributed by atoms with Gasteiger partial charge in [-0.1, -0.05) is 30.3 Å². The van der Waals surface area contributed by atoms with E-state index in [1.807, 2.05) is 24.3 Å². The molecule has 6 heteroatoms. The molecule has 0 aromatic heterocycles. The van der Waals surface area contributed by atoms with Crippen LogP contribution in [0, 0.1) is 5.82 Å². The number of ether oxygens (including phenoxy) is 3. The van der Waals surface area contributed by atoms with Crippen LogP contribution in [0.5, 0.6) is 17.2 Å². The van der Waals surface area contributed by atoms with Crippen molar-refractivity contribution in [1.82, 2.24) is 5.32 Å². The average molecular weight is 395 g/mol. The number of para-hydroxylation sites is 1. The standard InChI is InChI=1S/C23H22FNO4/c1-27-21-5-3-4-20(22(21)28-2)23(26)25-14-16-8-12-19(13-9-16)29-15-17-6-10-18(24)11-7-17/h3-13H,14-15H2,1-2H3,(H,25,26). The fourth-order valence-electron chi connectivity index (χ4n) is 2.79. The maximum Gasteiger partial charge on any atom is 0.255 e. The summed E-state index contributed by atoms with van der Waals surface area (Å²) in [5.41, 5.74) is 2.22. The van der Waals surface area contributed by atoms with Gasteiger partial charge < -0.3 is 19.5 Å². The predicted octanol–water partition coefficient (Wildman–Crippen LogP) is 4.35. The number of nitrogens with one attached hydrogen (secondary N) is 1. The molecule has 0 spiro atoms. The van der Waals surface area contributed by atoms with E-state index >= 15 is 0 Å². The lowest BCUT2D eigenvalue weighted by atomic mass is 10.1. The Hall–Kier alpha value is -3.54. The second kappa shape index (κ2) is 9.59. The lowest BCUT2D eigenvalue weighted by Crippen LogP contribution is -2.23. The number of benzene rings is 3. The first-order chi connectivity index (χ1) is 14.1. The molecule has 3 rings (SSSR count).